The maximum Gasteiger partial charge on any atom is 0.230 e. The van der Waals surface area contributed by atoms with Crippen molar-refractivity contribution in [2.45, 2.75) is 5.16 Å². The lowest BCUT2D eigenvalue weighted by Crippen LogP contribution is -2.20. The molecular formula is C18H15Cl2N3OS. The summed E-state index contributed by atoms with van der Waals surface area (Å²) < 4.78 is 2.01. The number of nitrogens with one attached hydrogen (secondary N) is 1. The number of rotatable bonds is 5. The van der Waals surface area contributed by atoms with E-state index in [0.717, 1.165) is 22.1 Å². The number of hydrogen-bond acceptors (Lipinski definition) is 3. The van der Waals surface area contributed by atoms with E-state index in [1.165, 1.54) is 11.8 Å². The second-order valence-electron chi connectivity index (χ2n) is 5.19. The highest BCUT2D eigenvalue weighted by Crippen LogP contribution is 2.33. The molecule has 0 aliphatic rings. The van der Waals surface area contributed by atoms with Crippen molar-refractivity contribution in [3.8, 4) is 16.9 Å². The topological polar surface area (TPSA) is 46.9 Å². The van der Waals surface area contributed by atoms with E-state index in [4.69, 9.17) is 23.2 Å². The van der Waals surface area contributed by atoms with Gasteiger partial charge in [0.2, 0.25) is 5.91 Å². The van der Waals surface area contributed by atoms with Gasteiger partial charge in [-0.25, -0.2) is 4.98 Å². The van der Waals surface area contributed by atoms with Crippen LogP contribution in [-0.2, 0) is 4.79 Å². The summed E-state index contributed by atoms with van der Waals surface area (Å²) in [6.07, 6.45) is 1.78. The average molecular weight is 392 g/mol. The molecule has 1 aromatic heterocycles. The van der Waals surface area contributed by atoms with Gasteiger partial charge in [-0.15, -0.1) is 0 Å². The summed E-state index contributed by atoms with van der Waals surface area (Å²) >= 11 is 13.6. The first-order valence-electron chi connectivity index (χ1n) is 7.52. The molecule has 3 rings (SSSR count). The summed E-state index contributed by atoms with van der Waals surface area (Å²) in [5, 5.41) is 4.34. The zero-order valence-corrected chi connectivity index (χ0v) is 15.7. The second-order valence-corrected chi connectivity index (χ2v) is 6.94. The predicted molar refractivity (Wildman–Crippen MR) is 104 cm³/mol. The highest BCUT2D eigenvalue weighted by atomic mass is 35.5. The molecule has 4 nitrogen and oxygen atoms in total. The summed E-state index contributed by atoms with van der Waals surface area (Å²) in [6.45, 7) is 0. The summed E-state index contributed by atoms with van der Waals surface area (Å²) in [6, 6.07) is 15.3. The number of para-hydroxylation sites is 1. The van der Waals surface area contributed by atoms with Gasteiger partial charge in [0.15, 0.2) is 5.16 Å². The number of amides is 1. The first-order chi connectivity index (χ1) is 12.1. The van der Waals surface area contributed by atoms with Crippen LogP contribution in [0.2, 0.25) is 10.0 Å². The van der Waals surface area contributed by atoms with Gasteiger partial charge in [0.1, 0.15) is 0 Å². The van der Waals surface area contributed by atoms with Gasteiger partial charge < -0.3 is 5.32 Å². The van der Waals surface area contributed by atoms with Gasteiger partial charge in [-0.3, -0.25) is 9.36 Å². The molecule has 0 saturated heterocycles. The third kappa shape index (κ3) is 4.00. The number of carbonyl (C=O) groups is 1. The lowest BCUT2D eigenvalue weighted by Gasteiger charge is -2.12. The Kier molecular flexibility index (Phi) is 5.68. The molecule has 1 N–H and O–H groups in total. The normalized spacial score (nSPS) is 10.7. The third-order valence-electron chi connectivity index (χ3n) is 3.57. The smallest absolute Gasteiger partial charge is 0.230 e. The van der Waals surface area contributed by atoms with Gasteiger partial charge in [-0.05, 0) is 24.3 Å². The summed E-state index contributed by atoms with van der Waals surface area (Å²) in [7, 11) is 1.62. The number of carbonyl (C=O) groups excluding carboxylic acids is 1. The van der Waals surface area contributed by atoms with Crippen molar-refractivity contribution in [3.05, 3.63) is 64.8 Å². The summed E-state index contributed by atoms with van der Waals surface area (Å²) in [4.78, 5) is 16.1. The molecule has 1 amide bonds. The number of hydrogen-bond donors (Lipinski definition) is 1. The van der Waals surface area contributed by atoms with Crippen LogP contribution in [0.15, 0.2) is 59.9 Å². The minimum Gasteiger partial charge on any atom is -0.358 e. The van der Waals surface area contributed by atoms with Crippen LogP contribution in [0.3, 0.4) is 0 Å². The molecule has 0 bridgehead atoms. The standard InChI is InChI=1S/C18H15Cl2N3OS/c1-21-17(24)11-25-18-22-10-16(12-7-8-14(19)15(20)9-12)23(18)13-5-3-2-4-6-13/h2-10H,11H2,1H3,(H,21,24). The number of imidazole rings is 1. The molecule has 3 aromatic rings. The van der Waals surface area contributed by atoms with E-state index in [-0.39, 0.29) is 5.91 Å². The number of benzene rings is 2. The van der Waals surface area contributed by atoms with Gasteiger partial charge in [0.05, 0.1) is 27.7 Å². The highest BCUT2D eigenvalue weighted by Gasteiger charge is 2.16. The minimum atomic E-state index is -0.0521. The molecule has 0 aliphatic heterocycles. The van der Waals surface area contributed by atoms with Gasteiger partial charge in [0, 0.05) is 18.3 Å². The summed E-state index contributed by atoms with van der Waals surface area (Å²) in [5.41, 5.74) is 2.74. The lowest BCUT2D eigenvalue weighted by atomic mass is 10.1. The van der Waals surface area contributed by atoms with Gasteiger partial charge >= 0.3 is 0 Å². The molecule has 0 spiro atoms. The Morgan fingerprint density at radius 2 is 1.92 bits per heavy atom. The van der Waals surface area contributed by atoms with Crippen LogP contribution in [0.4, 0.5) is 0 Å². The monoisotopic (exact) mass is 391 g/mol. The van der Waals surface area contributed by atoms with Crippen molar-refractivity contribution in [2.24, 2.45) is 0 Å². The molecule has 0 saturated carbocycles. The van der Waals surface area contributed by atoms with Crippen molar-refractivity contribution in [1.29, 1.82) is 0 Å². The van der Waals surface area contributed by atoms with E-state index in [1.54, 1.807) is 19.3 Å². The van der Waals surface area contributed by atoms with Crippen LogP contribution >= 0.6 is 35.0 Å². The number of halogens is 2. The van der Waals surface area contributed by atoms with Crippen LogP contribution in [0.1, 0.15) is 0 Å². The first kappa shape index (κ1) is 17.9. The molecule has 128 valence electrons. The van der Waals surface area contributed by atoms with Crippen LogP contribution in [0.5, 0.6) is 0 Å². The van der Waals surface area contributed by atoms with Crippen molar-refractivity contribution in [2.75, 3.05) is 12.8 Å². The first-order valence-corrected chi connectivity index (χ1v) is 9.26. The SMILES string of the molecule is CNC(=O)CSc1ncc(-c2ccc(Cl)c(Cl)c2)n1-c1ccccc1. The lowest BCUT2D eigenvalue weighted by molar-refractivity contribution is -0.118. The molecule has 2 aromatic carbocycles. The average Bonchev–Trinajstić information content (AvgIpc) is 3.06. The fourth-order valence-corrected chi connectivity index (χ4v) is 3.49. The van der Waals surface area contributed by atoms with Crippen LogP contribution in [0.25, 0.3) is 16.9 Å². The van der Waals surface area contributed by atoms with E-state index < -0.39 is 0 Å². The quantitative estimate of drug-likeness (QED) is 0.641. The maximum absolute atomic E-state index is 11.6. The third-order valence-corrected chi connectivity index (χ3v) is 5.26. The molecule has 7 heteroatoms. The Morgan fingerprint density at radius 3 is 2.60 bits per heavy atom. The van der Waals surface area contributed by atoms with Crippen LogP contribution in [-0.4, -0.2) is 28.3 Å². The number of thioether (sulfide) groups is 1. The fraction of sp³-hybridized carbons (Fsp3) is 0.111. The maximum atomic E-state index is 11.6. The Morgan fingerprint density at radius 1 is 1.16 bits per heavy atom. The van der Waals surface area contributed by atoms with Gasteiger partial charge in [0.25, 0.3) is 0 Å². The Hall–Kier alpha value is -1.95. The minimum absolute atomic E-state index is 0.0521. The molecule has 0 unspecified atom stereocenters. The Balaban J connectivity index is 2.07. The molecule has 0 aliphatic carbocycles. The van der Waals surface area contributed by atoms with Crippen molar-refractivity contribution < 1.29 is 4.79 Å². The molecule has 0 radical (unpaired) electrons. The molecular weight excluding hydrogens is 377 g/mol. The fourth-order valence-electron chi connectivity index (χ4n) is 2.32. The highest BCUT2D eigenvalue weighted by molar-refractivity contribution is 7.99. The molecule has 0 fully saturated rings. The van der Waals surface area contributed by atoms with E-state index in [1.807, 2.05) is 47.0 Å². The number of aromatic nitrogens is 2. The van der Waals surface area contributed by atoms with E-state index in [2.05, 4.69) is 10.3 Å². The largest absolute Gasteiger partial charge is 0.358 e. The van der Waals surface area contributed by atoms with Crippen molar-refractivity contribution >= 4 is 40.9 Å². The Labute approximate surface area is 160 Å². The van der Waals surface area contributed by atoms with Crippen molar-refractivity contribution in [1.82, 2.24) is 14.9 Å². The van der Waals surface area contributed by atoms with Crippen molar-refractivity contribution in [3.63, 3.8) is 0 Å². The molecule has 25 heavy (non-hydrogen) atoms. The number of nitrogens with zero attached hydrogens (tertiary/aromatic N) is 2. The zero-order valence-electron chi connectivity index (χ0n) is 13.4. The van der Waals surface area contributed by atoms with Crippen LogP contribution in [0, 0.1) is 0 Å². The van der Waals surface area contributed by atoms with Gasteiger partial charge in [-0.1, -0.05) is 59.2 Å². The second kappa shape index (κ2) is 7.95. The van der Waals surface area contributed by atoms with E-state index >= 15 is 0 Å². The molecule has 0 atom stereocenters. The predicted octanol–water partition coefficient (Wildman–Crippen LogP) is 4.68. The summed E-state index contributed by atoms with van der Waals surface area (Å²) in [5.74, 6) is 0.241. The van der Waals surface area contributed by atoms with Crippen LogP contribution < -0.4 is 5.32 Å². The Bertz CT molecular complexity index is 897. The van der Waals surface area contributed by atoms with E-state index in [0.29, 0.717) is 15.8 Å². The molecule has 1 heterocycles. The van der Waals surface area contributed by atoms with Gasteiger partial charge in [-0.2, -0.15) is 0 Å². The van der Waals surface area contributed by atoms with E-state index in [9.17, 15) is 4.79 Å². The zero-order chi connectivity index (χ0) is 17.8.